The van der Waals surface area contributed by atoms with Crippen molar-refractivity contribution < 1.29 is 14.0 Å². The Hall–Kier alpha value is -2.09. The first-order chi connectivity index (χ1) is 11.9. The van der Waals surface area contributed by atoms with Crippen LogP contribution < -0.4 is 10.2 Å². The quantitative estimate of drug-likeness (QED) is 0.436. The Morgan fingerprint density at radius 1 is 1.16 bits per heavy atom. The van der Waals surface area contributed by atoms with Crippen molar-refractivity contribution in [2.24, 2.45) is 0 Å². The van der Waals surface area contributed by atoms with Crippen LogP contribution in [0, 0.1) is 5.82 Å². The summed E-state index contributed by atoms with van der Waals surface area (Å²) >= 11 is 14.2. The predicted molar refractivity (Wildman–Crippen MR) is 102 cm³/mol. The number of rotatable bonds is 2. The van der Waals surface area contributed by atoms with Crippen LogP contribution in [0.4, 0.5) is 10.1 Å². The monoisotopic (exact) mass is 438 g/mol. The molecule has 0 bridgehead atoms. The van der Waals surface area contributed by atoms with Crippen molar-refractivity contribution in [3.8, 4) is 0 Å². The zero-order valence-electron chi connectivity index (χ0n) is 12.4. The number of benzene rings is 2. The number of carbonyl (C=O) groups excluding carboxylic acids is 2. The molecule has 4 nitrogen and oxygen atoms in total. The van der Waals surface area contributed by atoms with Crippen molar-refractivity contribution in [2.45, 2.75) is 0 Å². The highest BCUT2D eigenvalue weighted by Gasteiger charge is 2.34. The van der Waals surface area contributed by atoms with Crippen molar-refractivity contribution in [1.29, 1.82) is 0 Å². The number of amides is 2. The molecule has 0 unspecified atom stereocenters. The molecule has 2 aromatic carbocycles. The average Bonchev–Trinajstić information content (AvgIpc) is 2.56. The summed E-state index contributed by atoms with van der Waals surface area (Å²) in [6.45, 7) is 0. The molecule has 1 aliphatic rings. The van der Waals surface area contributed by atoms with Crippen LogP contribution in [-0.2, 0) is 9.59 Å². The number of anilines is 1. The second-order valence-electron chi connectivity index (χ2n) is 5.10. The molecule has 0 radical (unpaired) electrons. The standard InChI is InChI=1S/C17H9BrClFN2O2S/c18-14-6-3-11(20)7-9(14)8-13-15(23)21-17(25)22(16(13)24)12-4-1-10(19)2-5-12/h1-8H,(H,21,23,25)/b13-8+. The zero-order valence-corrected chi connectivity index (χ0v) is 15.6. The molecule has 1 fully saturated rings. The van der Waals surface area contributed by atoms with E-state index < -0.39 is 17.6 Å². The van der Waals surface area contributed by atoms with Gasteiger partial charge in [0.15, 0.2) is 5.11 Å². The van der Waals surface area contributed by atoms with Gasteiger partial charge in [-0.2, -0.15) is 0 Å². The number of hydrogen-bond acceptors (Lipinski definition) is 3. The number of halogens is 3. The SMILES string of the molecule is O=C1NC(=S)N(c2ccc(Cl)cc2)C(=O)/C1=C/c1cc(F)ccc1Br. The second kappa shape index (κ2) is 7.03. The number of carbonyl (C=O) groups is 2. The Labute approximate surface area is 161 Å². The van der Waals surface area contributed by atoms with Crippen LogP contribution in [-0.4, -0.2) is 16.9 Å². The first kappa shape index (κ1) is 17.7. The molecule has 0 aliphatic carbocycles. The van der Waals surface area contributed by atoms with Crippen molar-refractivity contribution >= 4 is 68.4 Å². The molecular formula is C17H9BrClFN2O2S. The third-order valence-corrected chi connectivity index (χ3v) is 4.70. The molecule has 0 spiro atoms. The molecule has 2 aromatic rings. The maximum atomic E-state index is 13.5. The summed E-state index contributed by atoms with van der Waals surface area (Å²) in [4.78, 5) is 26.2. The van der Waals surface area contributed by atoms with Gasteiger partial charge in [0.25, 0.3) is 11.8 Å². The molecule has 1 saturated heterocycles. The Kier molecular flexibility index (Phi) is 4.99. The van der Waals surface area contributed by atoms with E-state index in [-0.39, 0.29) is 10.7 Å². The van der Waals surface area contributed by atoms with Gasteiger partial charge < -0.3 is 0 Å². The fourth-order valence-corrected chi connectivity index (χ4v) is 3.03. The van der Waals surface area contributed by atoms with Gasteiger partial charge >= 0.3 is 0 Å². The summed E-state index contributed by atoms with van der Waals surface area (Å²) in [6, 6.07) is 10.4. The Morgan fingerprint density at radius 3 is 2.52 bits per heavy atom. The molecule has 25 heavy (non-hydrogen) atoms. The van der Waals surface area contributed by atoms with E-state index in [1.807, 2.05) is 0 Å². The van der Waals surface area contributed by atoms with Gasteiger partial charge in [-0.3, -0.25) is 19.8 Å². The highest BCUT2D eigenvalue weighted by atomic mass is 79.9. The first-order valence-corrected chi connectivity index (χ1v) is 8.57. The van der Waals surface area contributed by atoms with E-state index in [4.69, 9.17) is 23.8 Å². The van der Waals surface area contributed by atoms with Gasteiger partial charge in [-0.05, 0) is 66.3 Å². The third-order valence-electron chi connectivity index (χ3n) is 3.44. The third kappa shape index (κ3) is 3.63. The van der Waals surface area contributed by atoms with Gasteiger partial charge in [-0.25, -0.2) is 4.39 Å². The Bertz CT molecular complexity index is 931. The summed E-state index contributed by atoms with van der Waals surface area (Å²) in [5.41, 5.74) is 0.667. The topological polar surface area (TPSA) is 49.4 Å². The summed E-state index contributed by atoms with van der Waals surface area (Å²) < 4.78 is 14.0. The lowest BCUT2D eigenvalue weighted by Crippen LogP contribution is -2.54. The van der Waals surface area contributed by atoms with Crippen molar-refractivity contribution in [3.05, 3.63) is 68.9 Å². The zero-order chi connectivity index (χ0) is 18.1. The smallest absolute Gasteiger partial charge is 0.270 e. The highest BCUT2D eigenvalue weighted by Crippen LogP contribution is 2.26. The van der Waals surface area contributed by atoms with E-state index in [1.165, 1.54) is 29.2 Å². The number of thiocarbonyl (C=S) groups is 1. The second-order valence-corrected chi connectivity index (χ2v) is 6.78. The molecule has 1 N–H and O–H groups in total. The molecule has 1 aliphatic heterocycles. The molecule has 0 saturated carbocycles. The molecule has 1 heterocycles. The predicted octanol–water partition coefficient (Wildman–Crippen LogP) is 4.07. The normalized spacial score (nSPS) is 16.4. The van der Waals surface area contributed by atoms with E-state index in [2.05, 4.69) is 21.2 Å². The van der Waals surface area contributed by atoms with Crippen LogP contribution in [0.25, 0.3) is 6.08 Å². The lowest BCUT2D eigenvalue weighted by molar-refractivity contribution is -0.122. The summed E-state index contributed by atoms with van der Waals surface area (Å²) in [5.74, 6) is -1.73. The molecule has 0 aromatic heterocycles. The summed E-state index contributed by atoms with van der Waals surface area (Å²) in [7, 11) is 0. The molecule has 126 valence electrons. The van der Waals surface area contributed by atoms with Crippen LogP contribution in [0.2, 0.25) is 5.02 Å². The van der Waals surface area contributed by atoms with E-state index in [1.54, 1.807) is 24.3 Å². The maximum absolute atomic E-state index is 13.5. The van der Waals surface area contributed by atoms with Crippen molar-refractivity contribution in [3.63, 3.8) is 0 Å². The van der Waals surface area contributed by atoms with Gasteiger partial charge in [-0.15, -0.1) is 0 Å². The molecule has 2 amide bonds. The lowest BCUT2D eigenvalue weighted by Gasteiger charge is -2.29. The van der Waals surface area contributed by atoms with Gasteiger partial charge in [0.05, 0.1) is 5.69 Å². The molecule has 3 rings (SSSR count). The lowest BCUT2D eigenvalue weighted by atomic mass is 10.1. The summed E-state index contributed by atoms with van der Waals surface area (Å²) in [5, 5.41) is 2.93. The minimum atomic E-state index is -0.642. The van der Waals surface area contributed by atoms with Gasteiger partial charge in [0.2, 0.25) is 0 Å². The Balaban J connectivity index is 2.05. The summed E-state index contributed by atoms with van der Waals surface area (Å²) in [6.07, 6.45) is 1.32. The van der Waals surface area contributed by atoms with Crippen molar-refractivity contribution in [2.75, 3.05) is 4.90 Å². The Morgan fingerprint density at radius 2 is 1.84 bits per heavy atom. The molecular weight excluding hydrogens is 431 g/mol. The van der Waals surface area contributed by atoms with E-state index in [0.29, 0.717) is 20.7 Å². The number of nitrogens with zero attached hydrogens (tertiary/aromatic N) is 1. The molecule has 0 atom stereocenters. The first-order valence-electron chi connectivity index (χ1n) is 6.99. The highest BCUT2D eigenvalue weighted by molar-refractivity contribution is 9.10. The number of hydrogen-bond donors (Lipinski definition) is 1. The fourth-order valence-electron chi connectivity index (χ4n) is 2.26. The fraction of sp³-hybridized carbons (Fsp3) is 0. The van der Waals surface area contributed by atoms with E-state index in [9.17, 15) is 14.0 Å². The van der Waals surface area contributed by atoms with Crippen LogP contribution in [0.15, 0.2) is 52.5 Å². The molecule has 8 heteroatoms. The van der Waals surface area contributed by atoms with Gasteiger partial charge in [0, 0.05) is 9.50 Å². The number of nitrogens with one attached hydrogen (secondary N) is 1. The van der Waals surface area contributed by atoms with Gasteiger partial charge in [-0.1, -0.05) is 27.5 Å². The van der Waals surface area contributed by atoms with Crippen LogP contribution in [0.1, 0.15) is 5.56 Å². The largest absolute Gasteiger partial charge is 0.298 e. The van der Waals surface area contributed by atoms with Crippen LogP contribution >= 0.6 is 39.7 Å². The minimum absolute atomic E-state index is 0.0345. The minimum Gasteiger partial charge on any atom is -0.298 e. The van der Waals surface area contributed by atoms with Crippen molar-refractivity contribution in [1.82, 2.24) is 5.32 Å². The van der Waals surface area contributed by atoms with Gasteiger partial charge in [0.1, 0.15) is 11.4 Å². The van der Waals surface area contributed by atoms with Crippen LogP contribution in [0.5, 0.6) is 0 Å². The average molecular weight is 440 g/mol. The maximum Gasteiger partial charge on any atom is 0.270 e. The van der Waals surface area contributed by atoms with E-state index in [0.717, 1.165) is 0 Å². The van der Waals surface area contributed by atoms with Crippen LogP contribution in [0.3, 0.4) is 0 Å². The van der Waals surface area contributed by atoms with E-state index >= 15 is 0 Å².